The number of carboxylic acids is 1. The van der Waals surface area contributed by atoms with Crippen molar-refractivity contribution in [3.63, 3.8) is 0 Å². The smallest absolute Gasteiger partial charge is 0.323 e. The maximum atomic E-state index is 13.2. The van der Waals surface area contributed by atoms with Crippen molar-refractivity contribution < 1.29 is 19.4 Å². The predicted octanol–water partition coefficient (Wildman–Crippen LogP) is 4.47. The standard InChI is InChI=1S/C25H20N2O4/c1-31-16-8-6-7-15(13-16)23-22(19-11-4-5-12-20(19)26-23)24-17-9-2-3-10-18(17)25(30)27(24)14-21(28)29/h2-13,24,26H,14H2,1H3,(H,28,29)/t24-/m0/s1. The van der Waals surface area contributed by atoms with Crippen LogP contribution in [0, 0.1) is 0 Å². The van der Waals surface area contributed by atoms with E-state index in [0.717, 1.165) is 33.3 Å². The number of hydrogen-bond donors (Lipinski definition) is 2. The molecule has 1 aromatic heterocycles. The minimum atomic E-state index is -1.05. The number of nitrogens with zero attached hydrogens (tertiary/aromatic N) is 1. The van der Waals surface area contributed by atoms with Gasteiger partial charge >= 0.3 is 5.97 Å². The largest absolute Gasteiger partial charge is 0.497 e. The number of methoxy groups -OCH3 is 1. The van der Waals surface area contributed by atoms with E-state index in [-0.39, 0.29) is 12.5 Å². The lowest BCUT2D eigenvalue weighted by molar-refractivity contribution is -0.138. The summed E-state index contributed by atoms with van der Waals surface area (Å²) in [6, 6.07) is 22.4. The summed E-state index contributed by atoms with van der Waals surface area (Å²) in [5, 5.41) is 10.5. The molecule has 1 aliphatic heterocycles. The Hall–Kier alpha value is -4.06. The fourth-order valence-electron chi connectivity index (χ4n) is 4.44. The van der Waals surface area contributed by atoms with Crippen molar-refractivity contribution in [2.75, 3.05) is 13.7 Å². The van der Waals surface area contributed by atoms with Gasteiger partial charge in [0.25, 0.3) is 5.91 Å². The Morgan fingerprint density at radius 2 is 1.84 bits per heavy atom. The van der Waals surface area contributed by atoms with Gasteiger partial charge in [0.05, 0.1) is 18.8 Å². The summed E-state index contributed by atoms with van der Waals surface area (Å²) in [4.78, 5) is 29.7. The second kappa shape index (κ2) is 7.32. The van der Waals surface area contributed by atoms with Crippen LogP contribution in [0.1, 0.15) is 27.5 Å². The maximum Gasteiger partial charge on any atom is 0.323 e. The first kappa shape index (κ1) is 18.9. The lowest BCUT2D eigenvalue weighted by Gasteiger charge is -2.25. The fourth-order valence-corrected chi connectivity index (χ4v) is 4.44. The molecule has 2 N–H and O–H groups in total. The number of aromatic amines is 1. The van der Waals surface area contributed by atoms with Crippen LogP contribution in [0.4, 0.5) is 0 Å². The number of carboxylic acid groups (broad SMARTS) is 1. The number of carbonyl (C=O) groups is 2. The zero-order valence-corrected chi connectivity index (χ0v) is 16.8. The van der Waals surface area contributed by atoms with Crippen LogP contribution in [0.3, 0.4) is 0 Å². The average molecular weight is 412 g/mol. The van der Waals surface area contributed by atoms with Crippen molar-refractivity contribution >= 4 is 22.8 Å². The number of amides is 1. The van der Waals surface area contributed by atoms with Gasteiger partial charge in [-0.15, -0.1) is 0 Å². The van der Waals surface area contributed by atoms with Crippen molar-refractivity contribution in [2.24, 2.45) is 0 Å². The van der Waals surface area contributed by atoms with Gasteiger partial charge < -0.3 is 19.7 Å². The van der Waals surface area contributed by atoms with Crippen molar-refractivity contribution in [1.29, 1.82) is 0 Å². The van der Waals surface area contributed by atoms with Crippen LogP contribution >= 0.6 is 0 Å². The zero-order chi connectivity index (χ0) is 21.5. The molecule has 0 spiro atoms. The number of aliphatic carboxylic acids is 1. The number of H-pyrrole nitrogens is 1. The van der Waals surface area contributed by atoms with Gasteiger partial charge in [-0.1, -0.05) is 48.5 Å². The quantitative estimate of drug-likeness (QED) is 0.507. The average Bonchev–Trinajstić information content (AvgIpc) is 3.29. The summed E-state index contributed by atoms with van der Waals surface area (Å²) >= 11 is 0. The Bertz CT molecular complexity index is 1320. The Morgan fingerprint density at radius 1 is 1.06 bits per heavy atom. The molecule has 6 nitrogen and oxygen atoms in total. The van der Waals surface area contributed by atoms with Gasteiger partial charge in [-0.3, -0.25) is 9.59 Å². The summed E-state index contributed by atoms with van der Waals surface area (Å²) in [5.41, 5.74) is 4.88. The molecule has 31 heavy (non-hydrogen) atoms. The number of carbonyl (C=O) groups excluding carboxylic acids is 1. The summed E-state index contributed by atoms with van der Waals surface area (Å²) in [7, 11) is 1.62. The lowest BCUT2D eigenvalue weighted by Crippen LogP contribution is -2.34. The van der Waals surface area contributed by atoms with E-state index < -0.39 is 12.0 Å². The summed E-state index contributed by atoms with van der Waals surface area (Å²) < 4.78 is 5.41. The van der Waals surface area contributed by atoms with Crippen LogP contribution in [0.15, 0.2) is 72.8 Å². The van der Waals surface area contributed by atoms with Crippen molar-refractivity contribution in [3.8, 4) is 17.0 Å². The van der Waals surface area contributed by atoms with Gasteiger partial charge in [-0.05, 0) is 29.8 Å². The third-order valence-electron chi connectivity index (χ3n) is 5.74. The van der Waals surface area contributed by atoms with Crippen LogP contribution in [0.2, 0.25) is 0 Å². The molecule has 0 saturated heterocycles. The second-order valence-corrected chi connectivity index (χ2v) is 7.51. The Balaban J connectivity index is 1.80. The minimum Gasteiger partial charge on any atom is -0.497 e. The lowest BCUT2D eigenvalue weighted by atomic mass is 9.93. The highest BCUT2D eigenvalue weighted by Crippen LogP contribution is 2.45. The molecule has 154 valence electrons. The highest BCUT2D eigenvalue weighted by molar-refractivity contribution is 6.03. The highest BCUT2D eigenvalue weighted by atomic mass is 16.5. The van der Waals surface area contributed by atoms with Crippen LogP contribution in [-0.4, -0.2) is 40.5 Å². The second-order valence-electron chi connectivity index (χ2n) is 7.51. The number of rotatable bonds is 5. The van der Waals surface area contributed by atoms with Gasteiger partial charge in [0.1, 0.15) is 12.3 Å². The number of hydrogen-bond acceptors (Lipinski definition) is 3. The minimum absolute atomic E-state index is 0.273. The summed E-state index contributed by atoms with van der Waals surface area (Å²) in [6.45, 7) is -0.380. The first-order chi connectivity index (χ1) is 15.1. The number of nitrogens with one attached hydrogen (secondary N) is 1. The van der Waals surface area contributed by atoms with E-state index in [2.05, 4.69) is 4.98 Å². The predicted molar refractivity (Wildman–Crippen MR) is 117 cm³/mol. The van der Waals surface area contributed by atoms with Gasteiger partial charge in [0.2, 0.25) is 0 Å². The van der Waals surface area contributed by atoms with Gasteiger partial charge in [-0.2, -0.15) is 0 Å². The van der Waals surface area contributed by atoms with Crippen molar-refractivity contribution in [2.45, 2.75) is 6.04 Å². The SMILES string of the molecule is COc1cccc(-c2[nH]c3ccccc3c2[C@@H]2c3ccccc3C(=O)N2CC(=O)O)c1. The molecule has 0 saturated carbocycles. The number of ether oxygens (including phenoxy) is 1. The van der Waals surface area contributed by atoms with Crippen LogP contribution in [0.5, 0.6) is 5.75 Å². The number of fused-ring (bicyclic) bond motifs is 2. The molecular formula is C25H20N2O4. The molecule has 5 rings (SSSR count). The Labute approximate surface area is 178 Å². The van der Waals surface area contributed by atoms with E-state index in [0.29, 0.717) is 11.3 Å². The van der Waals surface area contributed by atoms with Crippen LogP contribution < -0.4 is 4.74 Å². The molecule has 2 heterocycles. The normalized spacial score (nSPS) is 15.3. The van der Waals surface area contributed by atoms with Gasteiger partial charge in [0, 0.05) is 27.6 Å². The first-order valence-electron chi connectivity index (χ1n) is 9.95. The third kappa shape index (κ3) is 3.04. The topological polar surface area (TPSA) is 82.6 Å². The van der Waals surface area contributed by atoms with Gasteiger partial charge in [-0.25, -0.2) is 0 Å². The molecule has 0 fully saturated rings. The monoisotopic (exact) mass is 412 g/mol. The highest BCUT2D eigenvalue weighted by Gasteiger charge is 2.40. The Morgan fingerprint density at radius 3 is 2.65 bits per heavy atom. The van der Waals surface area contributed by atoms with E-state index in [4.69, 9.17) is 4.74 Å². The molecular weight excluding hydrogens is 392 g/mol. The van der Waals surface area contributed by atoms with Crippen molar-refractivity contribution in [3.05, 3.63) is 89.5 Å². The molecule has 4 aromatic rings. The van der Waals surface area contributed by atoms with Crippen LogP contribution in [-0.2, 0) is 4.79 Å². The molecule has 6 heteroatoms. The van der Waals surface area contributed by atoms with E-state index in [1.807, 2.05) is 60.7 Å². The molecule has 1 atom stereocenters. The van der Waals surface area contributed by atoms with E-state index in [1.54, 1.807) is 19.2 Å². The number of para-hydroxylation sites is 1. The zero-order valence-electron chi connectivity index (χ0n) is 16.8. The molecule has 0 bridgehead atoms. The van der Waals surface area contributed by atoms with E-state index in [9.17, 15) is 14.7 Å². The molecule has 3 aromatic carbocycles. The number of aromatic nitrogens is 1. The fraction of sp³-hybridized carbons (Fsp3) is 0.120. The first-order valence-corrected chi connectivity index (χ1v) is 9.95. The van der Waals surface area contributed by atoms with Gasteiger partial charge in [0.15, 0.2) is 0 Å². The van der Waals surface area contributed by atoms with Crippen molar-refractivity contribution in [1.82, 2.24) is 9.88 Å². The van der Waals surface area contributed by atoms with Crippen LogP contribution in [0.25, 0.3) is 22.2 Å². The number of benzene rings is 3. The molecule has 0 unspecified atom stereocenters. The molecule has 1 aliphatic rings. The summed E-state index contributed by atoms with van der Waals surface area (Å²) in [6.07, 6.45) is 0. The Kier molecular flexibility index (Phi) is 4.47. The van der Waals surface area contributed by atoms with E-state index in [1.165, 1.54) is 4.90 Å². The van der Waals surface area contributed by atoms with E-state index >= 15 is 0 Å². The third-order valence-corrected chi connectivity index (χ3v) is 5.74. The summed E-state index contributed by atoms with van der Waals surface area (Å²) in [5.74, 6) is -0.605. The maximum absolute atomic E-state index is 13.2. The molecule has 0 radical (unpaired) electrons. The molecule has 1 amide bonds. The molecule has 0 aliphatic carbocycles.